The summed E-state index contributed by atoms with van der Waals surface area (Å²) >= 11 is 0. The number of aliphatic hydroxyl groups excluding tert-OH is 18. The van der Waals surface area contributed by atoms with Crippen molar-refractivity contribution in [1.29, 1.82) is 0 Å². The van der Waals surface area contributed by atoms with Crippen molar-refractivity contribution >= 4 is 5.97 Å². The SMILES string of the molecule is C[C@H]1[C@H](C)CC[C@]2(C(=O)O[C@@H]3O[C@H](CO[C@@H]4O[C@H](CO[C@@H]5O[C@H](CO)[C@@H](O)[C@H](O)[C@H]5O)[C@@H](O)[C@H](O)[C@H]4O)[C@@H](O)[C@H](O)[C@H]3O)CC[C@]3(C)C(=CC[C@@H]4[C@@]5(C)CC[C@H](O[C@@H]6OC[C@H](O)[C@H](O[C@@H]7O[C@H](CO)[C@@H](O)[C@H](O)[C@H]7O)[C@H]6O[C@@H]6O[C@@H](C)[C@H](O)[C@@H](O)[C@H]6O)C(C)(C)[C@@H]5CC[C@]43C)[C@H]12. The Morgan fingerprint density at radius 3 is 1.55 bits per heavy atom. The van der Waals surface area contributed by atoms with E-state index in [1.807, 2.05) is 0 Å². The quantitative estimate of drug-likeness (QED) is 0.0391. The van der Waals surface area contributed by atoms with Crippen LogP contribution in [0.25, 0.3) is 0 Å². The molecule has 0 radical (unpaired) electrons. The van der Waals surface area contributed by atoms with Crippen LogP contribution in [0.15, 0.2) is 11.6 Å². The molecule has 6 saturated heterocycles. The lowest BCUT2D eigenvalue weighted by Crippen LogP contribution is -2.67. The summed E-state index contributed by atoms with van der Waals surface area (Å²) in [7, 11) is 0. The summed E-state index contributed by atoms with van der Waals surface area (Å²) in [5.41, 5.74) is -1.50. The van der Waals surface area contributed by atoms with Gasteiger partial charge in [0.2, 0.25) is 6.29 Å². The maximum atomic E-state index is 15.4. The number of hydrogen-bond donors (Lipinski definition) is 18. The fraction of sp³-hybridized carbons (Fsp3) is 0.954. The molecule has 0 spiro atoms. The zero-order valence-corrected chi connectivity index (χ0v) is 55.5. The minimum absolute atomic E-state index is 0.0186. The van der Waals surface area contributed by atoms with Crippen LogP contribution >= 0.6 is 0 Å². The molecule has 0 aromatic carbocycles. The molecule has 0 aromatic rings. The fourth-order valence-electron chi connectivity index (χ4n) is 19.2. The minimum Gasteiger partial charge on any atom is -0.432 e. The van der Waals surface area contributed by atoms with Gasteiger partial charge in [0.25, 0.3) is 0 Å². The van der Waals surface area contributed by atoms with E-state index in [0.717, 1.165) is 12.8 Å². The third-order valence-corrected chi connectivity index (χ3v) is 25.5. The molecule has 31 heteroatoms. The molecule has 10 fully saturated rings. The first-order valence-corrected chi connectivity index (χ1v) is 34.2. The molecular formula is C65H106O31. The lowest BCUT2D eigenvalue weighted by Gasteiger charge is -2.71. The number of allylic oxidation sites excluding steroid dienone is 2. The number of hydrogen-bond acceptors (Lipinski definition) is 31. The van der Waals surface area contributed by atoms with Gasteiger partial charge in [0, 0.05) is 0 Å². The van der Waals surface area contributed by atoms with Gasteiger partial charge in [-0.2, -0.15) is 0 Å². The van der Waals surface area contributed by atoms with E-state index in [1.54, 1.807) is 0 Å². The Morgan fingerprint density at radius 1 is 0.490 bits per heavy atom. The van der Waals surface area contributed by atoms with Crippen LogP contribution in [-0.4, -0.2) is 315 Å². The smallest absolute Gasteiger partial charge is 0.315 e. The lowest BCUT2D eigenvalue weighted by molar-refractivity contribution is -0.388. The molecule has 0 unspecified atom stereocenters. The second-order valence-corrected chi connectivity index (χ2v) is 30.9. The van der Waals surface area contributed by atoms with Gasteiger partial charge in [0.05, 0.1) is 50.7 Å². The first-order valence-electron chi connectivity index (χ1n) is 34.2. The van der Waals surface area contributed by atoms with Crippen molar-refractivity contribution in [3.8, 4) is 0 Å². The van der Waals surface area contributed by atoms with Crippen LogP contribution < -0.4 is 0 Å². The van der Waals surface area contributed by atoms with E-state index >= 15 is 4.79 Å². The van der Waals surface area contributed by atoms with E-state index in [0.29, 0.717) is 44.9 Å². The minimum atomic E-state index is -1.93. The van der Waals surface area contributed by atoms with E-state index in [-0.39, 0.29) is 47.0 Å². The van der Waals surface area contributed by atoms with Crippen molar-refractivity contribution in [2.24, 2.45) is 56.7 Å². The number of carbonyl (C=O) groups excluding carboxylic acids is 1. The highest BCUT2D eigenvalue weighted by Gasteiger charge is 2.71. The van der Waals surface area contributed by atoms with E-state index in [2.05, 4.69) is 54.5 Å². The van der Waals surface area contributed by atoms with E-state index in [1.165, 1.54) is 12.5 Å². The van der Waals surface area contributed by atoms with Crippen molar-refractivity contribution in [3.05, 3.63) is 11.6 Å². The predicted molar refractivity (Wildman–Crippen MR) is 321 cm³/mol. The number of aliphatic hydroxyl groups is 18. The number of rotatable bonds is 16. The normalized spacial score (nSPS) is 55.1. The van der Waals surface area contributed by atoms with Crippen molar-refractivity contribution in [2.45, 2.75) is 297 Å². The average Bonchev–Trinajstić information content (AvgIpc) is 0.675. The summed E-state index contributed by atoms with van der Waals surface area (Å²) in [6.07, 6.45) is -40.7. The van der Waals surface area contributed by atoms with Gasteiger partial charge in [-0.3, -0.25) is 4.79 Å². The van der Waals surface area contributed by atoms with Crippen LogP contribution in [0.2, 0.25) is 0 Å². The summed E-state index contributed by atoms with van der Waals surface area (Å²) in [6, 6.07) is 0. The summed E-state index contributed by atoms with van der Waals surface area (Å²) in [5.74, 6) is -0.590. The number of fused-ring (bicyclic) bond motifs is 7. The maximum absolute atomic E-state index is 15.4. The zero-order chi connectivity index (χ0) is 70.0. The van der Waals surface area contributed by atoms with Crippen LogP contribution in [0.1, 0.15) is 113 Å². The van der Waals surface area contributed by atoms with Crippen molar-refractivity contribution < 1.29 is 154 Å². The predicted octanol–water partition coefficient (Wildman–Crippen LogP) is -4.86. The summed E-state index contributed by atoms with van der Waals surface area (Å²) in [5, 5.41) is 194. The highest BCUT2D eigenvalue weighted by atomic mass is 16.8. The third kappa shape index (κ3) is 12.8. The molecule has 0 aromatic heterocycles. The molecule has 96 heavy (non-hydrogen) atoms. The highest BCUT2D eigenvalue weighted by molar-refractivity contribution is 5.79. The van der Waals surface area contributed by atoms with E-state index in [9.17, 15) is 91.9 Å². The first-order chi connectivity index (χ1) is 45.1. The Balaban J connectivity index is 0.787. The van der Waals surface area contributed by atoms with Gasteiger partial charge < -0.3 is 149 Å². The Bertz CT molecular complexity index is 2680. The van der Waals surface area contributed by atoms with Gasteiger partial charge in [-0.15, -0.1) is 0 Å². The fourth-order valence-corrected chi connectivity index (χ4v) is 19.2. The summed E-state index contributed by atoms with van der Waals surface area (Å²) in [4.78, 5) is 15.4. The van der Waals surface area contributed by atoms with Gasteiger partial charge in [-0.25, -0.2) is 0 Å². The number of ether oxygens (including phenoxy) is 12. The molecule has 0 amide bonds. The zero-order valence-electron chi connectivity index (χ0n) is 55.5. The van der Waals surface area contributed by atoms with Gasteiger partial charge in [-0.05, 0) is 116 Å². The third-order valence-electron chi connectivity index (χ3n) is 25.5. The monoisotopic (exact) mass is 1380 g/mol. The van der Waals surface area contributed by atoms with Crippen molar-refractivity contribution in [2.75, 3.05) is 33.0 Å². The maximum Gasteiger partial charge on any atom is 0.315 e. The molecular weight excluding hydrogens is 1280 g/mol. The van der Waals surface area contributed by atoms with E-state index in [4.69, 9.17) is 56.8 Å². The molecule has 4 saturated carbocycles. The Hall–Kier alpha value is -1.95. The van der Waals surface area contributed by atoms with Crippen LogP contribution in [0.5, 0.6) is 0 Å². The highest BCUT2D eigenvalue weighted by Crippen LogP contribution is 2.76. The Morgan fingerprint density at radius 2 is 0.979 bits per heavy atom. The number of esters is 1. The van der Waals surface area contributed by atoms with Crippen LogP contribution in [0.4, 0.5) is 0 Å². The van der Waals surface area contributed by atoms with E-state index < -0.39 is 233 Å². The largest absolute Gasteiger partial charge is 0.432 e. The summed E-state index contributed by atoms with van der Waals surface area (Å²) < 4.78 is 72.1. The summed E-state index contributed by atoms with van der Waals surface area (Å²) in [6.45, 7) is 14.0. The van der Waals surface area contributed by atoms with Crippen LogP contribution in [0, 0.1) is 56.7 Å². The average molecular weight is 1380 g/mol. The van der Waals surface area contributed by atoms with Crippen LogP contribution in [0.3, 0.4) is 0 Å². The first kappa shape index (κ1) is 75.2. The molecule has 5 aliphatic carbocycles. The van der Waals surface area contributed by atoms with Crippen LogP contribution in [-0.2, 0) is 61.6 Å². The van der Waals surface area contributed by atoms with Crippen molar-refractivity contribution in [1.82, 2.24) is 0 Å². The lowest BCUT2D eigenvalue weighted by atomic mass is 9.33. The molecule has 11 aliphatic rings. The standard InChI is InChI=1S/C65H106O31/c1-24-11-16-65(60(84)96-58-51(83)46(78)41(73)32(92-58)23-87-55-48(80)45(77)40(72)31(91-55)22-86-54-47(79)43(75)38(70)29(19-66)89-54)18-17-63(7)27(36(65)25(24)2)9-10-34-62(6)14-13-35(61(4,5)33(62)12-15-64(34,63)8)93-59-53(95-56-49(81)42(74)37(69)26(3)88-56)52(28(68)21-85-59)94-57-50(82)44(76)39(71)30(20-67)90-57/h9,24-26,28-59,66-83H,10-23H2,1-8H3/t24-,25+,26+,28+,29-,30-,31-,32-,33+,34-,35+,36+,37+,38-,39-,40-,41-,42-,43+,44+,45+,46+,47-,48-,49-,50-,51-,52+,53-,54-,55-,56+,57+,58+,59+,62+,63-,64-,65+/m1/s1. The van der Waals surface area contributed by atoms with Crippen molar-refractivity contribution in [3.63, 3.8) is 0 Å². The molecule has 6 aliphatic heterocycles. The number of carbonyl (C=O) groups is 1. The molecule has 31 nitrogen and oxygen atoms in total. The molecule has 6 heterocycles. The molecule has 0 bridgehead atoms. The molecule has 552 valence electrons. The second kappa shape index (κ2) is 28.6. The van der Waals surface area contributed by atoms with Gasteiger partial charge in [0.1, 0.15) is 134 Å². The Labute approximate surface area is 556 Å². The van der Waals surface area contributed by atoms with Gasteiger partial charge in [0.15, 0.2) is 31.5 Å². The second-order valence-electron chi connectivity index (χ2n) is 30.9. The molecule has 18 N–H and O–H groups in total. The Kier molecular flexibility index (Phi) is 22.4. The molecule has 11 rings (SSSR count). The molecule has 39 atom stereocenters. The van der Waals surface area contributed by atoms with Gasteiger partial charge in [-0.1, -0.05) is 60.1 Å². The topological polar surface area (TPSA) is 492 Å². The van der Waals surface area contributed by atoms with Gasteiger partial charge >= 0.3 is 5.97 Å².